The molecular formula is C19H16BrN3O4. The van der Waals surface area contributed by atoms with Crippen LogP contribution in [0.4, 0.5) is 11.4 Å². The molecule has 3 aromatic rings. The molecule has 138 valence electrons. The summed E-state index contributed by atoms with van der Waals surface area (Å²) in [5, 5.41) is 27.0. The number of nitrogens with zero attached hydrogens (tertiary/aromatic N) is 2. The van der Waals surface area contributed by atoms with E-state index in [-0.39, 0.29) is 11.7 Å². The van der Waals surface area contributed by atoms with E-state index < -0.39 is 4.92 Å². The van der Waals surface area contributed by atoms with Crippen LogP contribution in [0.3, 0.4) is 0 Å². The second kappa shape index (κ2) is 8.50. The largest absolute Gasteiger partial charge is 0.467 e. The first-order valence-electron chi connectivity index (χ1n) is 8.08. The zero-order valence-electron chi connectivity index (χ0n) is 14.1. The highest BCUT2D eigenvalue weighted by Gasteiger charge is 2.19. The lowest BCUT2D eigenvalue weighted by Crippen LogP contribution is -2.16. The van der Waals surface area contributed by atoms with Gasteiger partial charge in [-0.1, -0.05) is 33.2 Å². The molecule has 0 spiro atoms. The van der Waals surface area contributed by atoms with E-state index in [1.165, 1.54) is 12.1 Å². The molecule has 1 aromatic heterocycles. The minimum absolute atomic E-state index is 0.0163. The van der Waals surface area contributed by atoms with Gasteiger partial charge in [0.25, 0.3) is 5.69 Å². The van der Waals surface area contributed by atoms with Crippen molar-refractivity contribution >= 4 is 33.0 Å². The number of hydrogen-bond donors (Lipinski definition) is 2. The van der Waals surface area contributed by atoms with Crippen LogP contribution in [-0.4, -0.2) is 15.8 Å². The molecule has 0 amide bonds. The number of oxime groups is 1. The number of hydrogen-bond acceptors (Lipinski definition) is 6. The van der Waals surface area contributed by atoms with Crippen LogP contribution in [-0.2, 0) is 0 Å². The van der Waals surface area contributed by atoms with Gasteiger partial charge in [0.05, 0.1) is 22.9 Å². The summed E-state index contributed by atoms with van der Waals surface area (Å²) in [5.41, 5.74) is 1.97. The molecule has 0 saturated carbocycles. The summed E-state index contributed by atoms with van der Waals surface area (Å²) in [6.45, 7) is 0. The number of halogens is 1. The molecule has 27 heavy (non-hydrogen) atoms. The number of non-ortho nitro benzene ring substituents is 1. The molecular weight excluding hydrogens is 414 g/mol. The number of rotatable bonds is 7. The minimum atomic E-state index is -0.447. The van der Waals surface area contributed by atoms with Crippen LogP contribution in [0.25, 0.3) is 0 Å². The highest BCUT2D eigenvalue weighted by Crippen LogP contribution is 2.27. The summed E-state index contributed by atoms with van der Waals surface area (Å²) in [4.78, 5) is 10.4. The molecule has 0 aliphatic rings. The van der Waals surface area contributed by atoms with Crippen molar-refractivity contribution in [2.45, 2.75) is 12.5 Å². The lowest BCUT2D eigenvalue weighted by atomic mass is 10.0. The van der Waals surface area contributed by atoms with E-state index in [0.29, 0.717) is 23.6 Å². The molecule has 2 N–H and O–H groups in total. The number of benzene rings is 2. The quantitative estimate of drug-likeness (QED) is 0.227. The Morgan fingerprint density at radius 3 is 2.44 bits per heavy atom. The third-order valence-corrected chi connectivity index (χ3v) is 4.53. The third-order valence-electron chi connectivity index (χ3n) is 4.00. The van der Waals surface area contributed by atoms with Crippen LogP contribution < -0.4 is 5.32 Å². The van der Waals surface area contributed by atoms with Crippen molar-refractivity contribution in [2.75, 3.05) is 5.32 Å². The Hall–Kier alpha value is -3.13. The highest BCUT2D eigenvalue weighted by atomic mass is 79.9. The summed E-state index contributed by atoms with van der Waals surface area (Å²) < 4.78 is 6.44. The number of nitro benzene ring substituents is 1. The van der Waals surface area contributed by atoms with Crippen molar-refractivity contribution in [2.24, 2.45) is 5.16 Å². The van der Waals surface area contributed by atoms with Gasteiger partial charge < -0.3 is 14.9 Å². The molecule has 8 heteroatoms. The van der Waals surface area contributed by atoms with Gasteiger partial charge in [0, 0.05) is 28.7 Å². The van der Waals surface area contributed by atoms with Gasteiger partial charge in [0.2, 0.25) is 0 Å². The SMILES string of the molecule is O=[N+]([O-])c1ccc(NC(C/C(=N/O)c2ccc(Br)cc2)c2ccco2)cc1. The van der Waals surface area contributed by atoms with Crippen LogP contribution in [0.5, 0.6) is 0 Å². The molecule has 0 radical (unpaired) electrons. The van der Waals surface area contributed by atoms with Crippen molar-refractivity contribution in [1.82, 2.24) is 0 Å². The molecule has 0 aliphatic carbocycles. The fourth-order valence-electron chi connectivity index (χ4n) is 2.64. The Balaban J connectivity index is 1.83. The van der Waals surface area contributed by atoms with Crippen molar-refractivity contribution in [1.29, 1.82) is 0 Å². The summed E-state index contributed by atoms with van der Waals surface area (Å²) in [5.74, 6) is 0.659. The van der Waals surface area contributed by atoms with Gasteiger partial charge in [-0.05, 0) is 42.0 Å². The Bertz CT molecular complexity index is 923. The second-order valence-electron chi connectivity index (χ2n) is 5.77. The average molecular weight is 430 g/mol. The second-order valence-corrected chi connectivity index (χ2v) is 6.69. The Morgan fingerprint density at radius 1 is 1.19 bits per heavy atom. The molecule has 0 fully saturated rings. The molecule has 3 rings (SSSR count). The number of furan rings is 1. The smallest absolute Gasteiger partial charge is 0.269 e. The van der Waals surface area contributed by atoms with E-state index >= 15 is 0 Å². The first-order chi connectivity index (χ1) is 13.1. The maximum atomic E-state index is 10.8. The van der Waals surface area contributed by atoms with Gasteiger partial charge in [-0.25, -0.2) is 0 Å². The van der Waals surface area contributed by atoms with Crippen LogP contribution in [0, 0.1) is 10.1 Å². The number of anilines is 1. The predicted octanol–water partition coefficient (Wildman–Crippen LogP) is 5.37. The van der Waals surface area contributed by atoms with Crippen LogP contribution >= 0.6 is 15.9 Å². The Kier molecular flexibility index (Phi) is 5.87. The maximum absolute atomic E-state index is 10.8. The highest BCUT2D eigenvalue weighted by molar-refractivity contribution is 9.10. The molecule has 1 unspecified atom stereocenters. The van der Waals surface area contributed by atoms with Gasteiger partial charge in [-0.15, -0.1) is 0 Å². The van der Waals surface area contributed by atoms with Crippen LogP contribution in [0.2, 0.25) is 0 Å². The van der Waals surface area contributed by atoms with Crippen LogP contribution in [0.1, 0.15) is 23.8 Å². The Labute approximate surface area is 163 Å². The zero-order valence-corrected chi connectivity index (χ0v) is 15.7. The number of nitro groups is 1. The predicted molar refractivity (Wildman–Crippen MR) is 105 cm³/mol. The summed E-state index contributed by atoms with van der Waals surface area (Å²) in [7, 11) is 0. The summed E-state index contributed by atoms with van der Waals surface area (Å²) in [6, 6.07) is 16.8. The zero-order chi connectivity index (χ0) is 19.2. The standard InChI is InChI=1S/C19H16BrN3O4/c20-14-5-3-13(4-6-14)17(22-24)12-18(19-2-1-11-27-19)21-15-7-9-16(10-8-15)23(25)26/h1-11,18,21,24H,12H2/b22-17-. The van der Waals surface area contributed by atoms with E-state index in [2.05, 4.69) is 26.4 Å². The molecule has 1 atom stereocenters. The summed E-state index contributed by atoms with van der Waals surface area (Å²) >= 11 is 3.38. The molecule has 1 heterocycles. The van der Waals surface area contributed by atoms with E-state index in [4.69, 9.17) is 4.42 Å². The molecule has 0 bridgehead atoms. The van der Waals surface area contributed by atoms with Gasteiger partial charge in [-0.2, -0.15) is 0 Å². The van der Waals surface area contributed by atoms with Crippen molar-refractivity contribution in [3.63, 3.8) is 0 Å². The lowest BCUT2D eigenvalue weighted by Gasteiger charge is -2.18. The fourth-order valence-corrected chi connectivity index (χ4v) is 2.91. The monoisotopic (exact) mass is 429 g/mol. The van der Waals surface area contributed by atoms with Crippen molar-refractivity contribution in [3.8, 4) is 0 Å². The fraction of sp³-hybridized carbons (Fsp3) is 0.105. The van der Waals surface area contributed by atoms with E-state index in [1.54, 1.807) is 24.5 Å². The average Bonchev–Trinajstić information content (AvgIpc) is 3.21. The summed E-state index contributed by atoms with van der Waals surface area (Å²) in [6.07, 6.45) is 1.91. The minimum Gasteiger partial charge on any atom is -0.467 e. The van der Waals surface area contributed by atoms with Gasteiger partial charge in [0.15, 0.2) is 0 Å². The maximum Gasteiger partial charge on any atom is 0.269 e. The molecule has 0 saturated heterocycles. The molecule has 7 nitrogen and oxygen atoms in total. The number of nitrogens with one attached hydrogen (secondary N) is 1. The third kappa shape index (κ3) is 4.73. The van der Waals surface area contributed by atoms with Gasteiger partial charge in [0.1, 0.15) is 5.76 Å². The van der Waals surface area contributed by atoms with Crippen molar-refractivity contribution < 1.29 is 14.5 Å². The van der Waals surface area contributed by atoms with Crippen molar-refractivity contribution in [3.05, 3.63) is 92.8 Å². The first-order valence-corrected chi connectivity index (χ1v) is 8.87. The molecule has 0 aliphatic heterocycles. The van der Waals surface area contributed by atoms with E-state index in [9.17, 15) is 15.3 Å². The van der Waals surface area contributed by atoms with Crippen LogP contribution in [0.15, 0.2) is 81.0 Å². The van der Waals surface area contributed by atoms with E-state index in [0.717, 1.165) is 10.0 Å². The van der Waals surface area contributed by atoms with Gasteiger partial charge in [-0.3, -0.25) is 10.1 Å². The normalized spacial score (nSPS) is 12.6. The topological polar surface area (TPSA) is 101 Å². The van der Waals surface area contributed by atoms with Gasteiger partial charge >= 0.3 is 0 Å². The lowest BCUT2D eigenvalue weighted by molar-refractivity contribution is -0.384. The van der Waals surface area contributed by atoms with E-state index in [1.807, 2.05) is 30.3 Å². The first kappa shape index (κ1) is 18.7. The molecule has 2 aromatic carbocycles. The Morgan fingerprint density at radius 2 is 1.89 bits per heavy atom.